The zero-order chi connectivity index (χ0) is 19.0. The van der Waals surface area contributed by atoms with Gasteiger partial charge in [0.05, 0.1) is 0 Å². The third kappa shape index (κ3) is 3.68. The van der Waals surface area contributed by atoms with Crippen LogP contribution in [0.4, 0.5) is 0 Å². The molecule has 0 spiro atoms. The molecule has 0 atom stereocenters. The number of hydrogen-bond donors (Lipinski definition) is 2. The summed E-state index contributed by atoms with van der Waals surface area (Å²) in [4.78, 5) is 15.7. The van der Waals surface area contributed by atoms with Crippen molar-refractivity contribution in [1.82, 2.24) is 10.3 Å². The molecule has 138 valence electrons. The van der Waals surface area contributed by atoms with Gasteiger partial charge in [-0.15, -0.1) is 0 Å². The van der Waals surface area contributed by atoms with Crippen molar-refractivity contribution in [2.24, 2.45) is 0 Å². The first-order valence-electron chi connectivity index (χ1n) is 9.75. The first-order valence-corrected chi connectivity index (χ1v) is 9.75. The highest BCUT2D eigenvalue weighted by Gasteiger charge is 2.24. The minimum atomic E-state index is 0.0824. The van der Waals surface area contributed by atoms with Gasteiger partial charge in [-0.1, -0.05) is 25.1 Å². The first kappa shape index (κ1) is 17.6. The Morgan fingerprint density at radius 3 is 2.70 bits per heavy atom. The van der Waals surface area contributed by atoms with Gasteiger partial charge in [0.25, 0.3) is 0 Å². The first-order chi connectivity index (χ1) is 13.0. The molecule has 0 radical (unpaired) electrons. The van der Waals surface area contributed by atoms with Crippen molar-refractivity contribution in [2.75, 3.05) is 0 Å². The largest absolute Gasteiger partial charge is 0.361 e. The lowest BCUT2D eigenvalue weighted by Gasteiger charge is -2.12. The maximum Gasteiger partial charge on any atom is 0.247 e. The van der Waals surface area contributed by atoms with Crippen molar-refractivity contribution in [2.45, 2.75) is 46.1 Å². The predicted octanol–water partition coefficient (Wildman–Crippen LogP) is 5.52. The van der Waals surface area contributed by atoms with Gasteiger partial charge in [-0.3, -0.25) is 4.79 Å². The lowest BCUT2D eigenvalue weighted by Crippen LogP contribution is -2.26. The monoisotopic (exact) mass is 358 g/mol. The molecule has 1 amide bonds. The summed E-state index contributed by atoms with van der Waals surface area (Å²) >= 11 is 0. The van der Waals surface area contributed by atoms with E-state index in [-0.39, 0.29) is 5.91 Å². The van der Waals surface area contributed by atoms with Gasteiger partial charge in [-0.05, 0) is 90.6 Å². The summed E-state index contributed by atoms with van der Waals surface area (Å²) in [5, 5.41) is 4.32. The third-order valence-electron chi connectivity index (χ3n) is 5.39. The van der Waals surface area contributed by atoms with Crippen LogP contribution in [0.1, 0.15) is 42.9 Å². The van der Waals surface area contributed by atoms with Gasteiger partial charge < -0.3 is 10.3 Å². The molecule has 1 heterocycles. The van der Waals surface area contributed by atoms with Crippen molar-refractivity contribution in [3.63, 3.8) is 0 Å². The summed E-state index contributed by atoms with van der Waals surface area (Å²) in [5.74, 6) is 0.0824. The Balaban J connectivity index is 1.68. The summed E-state index contributed by atoms with van der Waals surface area (Å²) in [6, 6.07) is 13.4. The fraction of sp³-hybridized carbons (Fsp3) is 0.292. The number of benzene rings is 2. The topological polar surface area (TPSA) is 44.9 Å². The Bertz CT molecular complexity index is 1040. The second-order valence-corrected chi connectivity index (χ2v) is 7.57. The zero-order valence-corrected chi connectivity index (χ0v) is 16.2. The van der Waals surface area contributed by atoms with E-state index in [1.54, 1.807) is 0 Å². The van der Waals surface area contributed by atoms with Gasteiger partial charge in [-0.2, -0.15) is 0 Å². The van der Waals surface area contributed by atoms with Gasteiger partial charge in [0.15, 0.2) is 0 Å². The molecule has 1 aliphatic rings. The van der Waals surface area contributed by atoms with E-state index in [0.717, 1.165) is 35.9 Å². The Kier molecular flexibility index (Phi) is 4.61. The van der Waals surface area contributed by atoms with Gasteiger partial charge >= 0.3 is 0 Å². The third-order valence-corrected chi connectivity index (χ3v) is 5.39. The predicted molar refractivity (Wildman–Crippen MR) is 113 cm³/mol. The standard InChI is InChI=1S/C24H26N2O/c1-4-17(24(27)26-21-6-7-21)13-20-11-16(3)22(12-15(20)2)18-5-8-23-19(14-18)9-10-25-23/h5,8-14,21,25H,4,6-7H2,1-3H3,(H,26,27). The molecule has 0 saturated heterocycles. The number of H-pyrrole nitrogens is 1. The van der Waals surface area contributed by atoms with Crippen molar-refractivity contribution in [3.05, 3.63) is 64.9 Å². The highest BCUT2D eigenvalue weighted by molar-refractivity contribution is 5.98. The normalized spacial score (nSPS) is 14.6. The van der Waals surface area contributed by atoms with Crippen LogP contribution in [-0.4, -0.2) is 16.9 Å². The number of fused-ring (bicyclic) bond motifs is 1. The Hall–Kier alpha value is -2.81. The maximum absolute atomic E-state index is 12.4. The van der Waals surface area contributed by atoms with E-state index in [4.69, 9.17) is 0 Å². The van der Waals surface area contributed by atoms with Crippen LogP contribution in [0.5, 0.6) is 0 Å². The molecule has 3 aromatic rings. The molecule has 3 nitrogen and oxygen atoms in total. The molecule has 3 heteroatoms. The molecule has 0 unspecified atom stereocenters. The SMILES string of the molecule is CCC(=Cc1cc(C)c(-c2ccc3[nH]ccc3c2)cc1C)C(=O)NC1CC1. The molecule has 27 heavy (non-hydrogen) atoms. The van der Waals surface area contributed by atoms with Gasteiger partial charge in [-0.25, -0.2) is 0 Å². The van der Waals surface area contributed by atoms with E-state index >= 15 is 0 Å². The van der Waals surface area contributed by atoms with Crippen LogP contribution in [-0.2, 0) is 4.79 Å². The number of nitrogens with one attached hydrogen (secondary N) is 2. The second-order valence-electron chi connectivity index (χ2n) is 7.57. The summed E-state index contributed by atoms with van der Waals surface area (Å²) in [7, 11) is 0. The minimum absolute atomic E-state index is 0.0824. The summed E-state index contributed by atoms with van der Waals surface area (Å²) in [5.41, 5.74) is 8.01. The fourth-order valence-electron chi connectivity index (χ4n) is 3.55. The van der Waals surface area contributed by atoms with Crippen molar-refractivity contribution >= 4 is 22.9 Å². The molecule has 1 fully saturated rings. The number of carbonyl (C=O) groups is 1. The summed E-state index contributed by atoms with van der Waals surface area (Å²) < 4.78 is 0. The Labute approximate surface area is 160 Å². The van der Waals surface area contributed by atoms with E-state index in [1.807, 2.05) is 13.1 Å². The number of aromatic nitrogens is 1. The average molecular weight is 358 g/mol. The van der Waals surface area contributed by atoms with Crippen LogP contribution in [0.2, 0.25) is 0 Å². The van der Waals surface area contributed by atoms with Crippen molar-refractivity contribution < 1.29 is 4.79 Å². The quantitative estimate of drug-likeness (QED) is 0.579. The maximum atomic E-state index is 12.4. The average Bonchev–Trinajstić information content (AvgIpc) is 3.34. The van der Waals surface area contributed by atoms with E-state index in [1.165, 1.54) is 27.6 Å². The molecule has 2 aromatic carbocycles. The molecule has 0 aliphatic heterocycles. The van der Waals surface area contributed by atoms with Crippen LogP contribution in [0.25, 0.3) is 28.1 Å². The number of hydrogen-bond acceptors (Lipinski definition) is 1. The van der Waals surface area contributed by atoms with E-state index in [2.05, 4.69) is 66.6 Å². The van der Waals surface area contributed by atoms with Gasteiger partial charge in [0, 0.05) is 23.3 Å². The van der Waals surface area contributed by atoms with Crippen LogP contribution in [0.3, 0.4) is 0 Å². The van der Waals surface area contributed by atoms with Crippen LogP contribution >= 0.6 is 0 Å². The number of carbonyl (C=O) groups excluding carboxylic acids is 1. The second kappa shape index (κ2) is 7.07. The van der Waals surface area contributed by atoms with Crippen molar-refractivity contribution in [1.29, 1.82) is 0 Å². The minimum Gasteiger partial charge on any atom is -0.361 e. The van der Waals surface area contributed by atoms with E-state index in [0.29, 0.717) is 6.04 Å². The molecule has 2 N–H and O–H groups in total. The molecule has 0 bridgehead atoms. The number of aromatic amines is 1. The molecular weight excluding hydrogens is 332 g/mol. The Morgan fingerprint density at radius 1 is 1.15 bits per heavy atom. The fourth-order valence-corrected chi connectivity index (χ4v) is 3.55. The highest BCUT2D eigenvalue weighted by Crippen LogP contribution is 2.30. The van der Waals surface area contributed by atoms with Crippen LogP contribution in [0, 0.1) is 13.8 Å². The Morgan fingerprint density at radius 2 is 1.96 bits per heavy atom. The lowest BCUT2D eigenvalue weighted by atomic mass is 9.93. The summed E-state index contributed by atoms with van der Waals surface area (Å²) in [6.07, 6.45) is 6.99. The van der Waals surface area contributed by atoms with Gasteiger partial charge in [0.2, 0.25) is 5.91 Å². The molecule has 1 aromatic heterocycles. The van der Waals surface area contributed by atoms with Crippen LogP contribution in [0.15, 0.2) is 48.2 Å². The smallest absolute Gasteiger partial charge is 0.247 e. The molecule has 4 rings (SSSR count). The van der Waals surface area contributed by atoms with Crippen molar-refractivity contribution in [3.8, 4) is 11.1 Å². The summed E-state index contributed by atoms with van der Waals surface area (Å²) in [6.45, 7) is 6.31. The lowest BCUT2D eigenvalue weighted by molar-refractivity contribution is -0.117. The number of amides is 1. The highest BCUT2D eigenvalue weighted by atomic mass is 16.1. The van der Waals surface area contributed by atoms with Gasteiger partial charge in [0.1, 0.15) is 0 Å². The molecule has 1 aliphatic carbocycles. The van der Waals surface area contributed by atoms with E-state index in [9.17, 15) is 4.79 Å². The number of aryl methyl sites for hydroxylation is 2. The zero-order valence-electron chi connectivity index (χ0n) is 16.2. The number of rotatable bonds is 5. The van der Waals surface area contributed by atoms with E-state index < -0.39 is 0 Å². The van der Waals surface area contributed by atoms with Crippen LogP contribution < -0.4 is 5.32 Å². The molecular formula is C24H26N2O. The molecule has 1 saturated carbocycles.